The molecule has 0 aliphatic rings. The third kappa shape index (κ3) is 3.85. The third-order valence-electron chi connectivity index (χ3n) is 3.42. The fourth-order valence-corrected chi connectivity index (χ4v) is 3.38. The third-order valence-corrected chi connectivity index (χ3v) is 5.06. The van der Waals surface area contributed by atoms with Crippen molar-refractivity contribution < 1.29 is 18.7 Å². The topological polar surface area (TPSA) is 73.6 Å². The SMILES string of the molecule is COc1cc(C(=O)NCc2coc(-c3cccs3)n2)cc(OC)c1Br. The Bertz CT molecular complexity index is 852. The minimum absolute atomic E-state index is 0.258. The number of benzene rings is 1. The van der Waals surface area contributed by atoms with E-state index in [4.69, 9.17) is 13.9 Å². The molecule has 0 saturated heterocycles. The van der Waals surface area contributed by atoms with Crippen LogP contribution >= 0.6 is 27.3 Å². The zero-order chi connectivity index (χ0) is 17.8. The summed E-state index contributed by atoms with van der Waals surface area (Å²) in [6.45, 7) is 0.258. The van der Waals surface area contributed by atoms with E-state index in [9.17, 15) is 4.79 Å². The molecule has 6 nitrogen and oxygen atoms in total. The molecule has 1 amide bonds. The first-order valence-electron chi connectivity index (χ1n) is 7.30. The highest BCUT2D eigenvalue weighted by Crippen LogP contribution is 2.35. The maximum Gasteiger partial charge on any atom is 0.251 e. The maximum atomic E-state index is 12.4. The number of nitrogens with one attached hydrogen (secondary N) is 1. The average molecular weight is 423 g/mol. The van der Waals surface area contributed by atoms with Gasteiger partial charge in [-0.05, 0) is 39.5 Å². The van der Waals surface area contributed by atoms with Gasteiger partial charge in [0.1, 0.15) is 22.2 Å². The number of nitrogens with zero attached hydrogens (tertiary/aromatic N) is 1. The Morgan fingerprint density at radius 1 is 1.32 bits per heavy atom. The number of rotatable bonds is 6. The Morgan fingerprint density at radius 3 is 2.64 bits per heavy atom. The predicted molar refractivity (Wildman–Crippen MR) is 98.2 cm³/mol. The molecule has 1 aromatic carbocycles. The van der Waals surface area contributed by atoms with Gasteiger partial charge in [0.2, 0.25) is 5.89 Å². The largest absolute Gasteiger partial charge is 0.495 e. The van der Waals surface area contributed by atoms with E-state index in [1.54, 1.807) is 23.5 Å². The van der Waals surface area contributed by atoms with Gasteiger partial charge >= 0.3 is 0 Å². The molecule has 130 valence electrons. The molecule has 0 aliphatic carbocycles. The molecule has 1 N–H and O–H groups in total. The molecule has 0 unspecified atom stereocenters. The number of carbonyl (C=O) groups is 1. The van der Waals surface area contributed by atoms with Crippen molar-refractivity contribution in [3.63, 3.8) is 0 Å². The molecule has 2 aromatic heterocycles. The van der Waals surface area contributed by atoms with Crippen molar-refractivity contribution >= 4 is 33.2 Å². The van der Waals surface area contributed by atoms with Crippen LogP contribution in [-0.4, -0.2) is 25.1 Å². The summed E-state index contributed by atoms with van der Waals surface area (Å²) in [4.78, 5) is 17.7. The molecule has 25 heavy (non-hydrogen) atoms. The van der Waals surface area contributed by atoms with Gasteiger partial charge in [0, 0.05) is 5.56 Å². The van der Waals surface area contributed by atoms with Crippen LogP contribution in [0.4, 0.5) is 0 Å². The van der Waals surface area contributed by atoms with E-state index in [1.807, 2.05) is 17.5 Å². The molecule has 2 heterocycles. The molecule has 3 aromatic rings. The highest BCUT2D eigenvalue weighted by Gasteiger charge is 2.15. The zero-order valence-corrected chi connectivity index (χ0v) is 15.9. The number of thiophene rings is 1. The smallest absolute Gasteiger partial charge is 0.251 e. The lowest BCUT2D eigenvalue weighted by Crippen LogP contribution is -2.23. The van der Waals surface area contributed by atoms with Crippen molar-refractivity contribution in [2.24, 2.45) is 0 Å². The van der Waals surface area contributed by atoms with E-state index in [-0.39, 0.29) is 12.5 Å². The Kier molecular flexibility index (Phi) is 5.40. The molecule has 8 heteroatoms. The predicted octanol–water partition coefficient (Wildman–Crippen LogP) is 4.11. The van der Waals surface area contributed by atoms with E-state index in [2.05, 4.69) is 26.2 Å². The first-order valence-corrected chi connectivity index (χ1v) is 8.97. The number of carbonyl (C=O) groups excluding carboxylic acids is 1. The van der Waals surface area contributed by atoms with E-state index in [1.165, 1.54) is 20.5 Å². The van der Waals surface area contributed by atoms with Crippen LogP contribution in [0.1, 0.15) is 16.1 Å². The minimum Gasteiger partial charge on any atom is -0.495 e. The monoisotopic (exact) mass is 422 g/mol. The van der Waals surface area contributed by atoms with Crippen LogP contribution in [0.5, 0.6) is 11.5 Å². The summed E-state index contributed by atoms with van der Waals surface area (Å²) in [6, 6.07) is 7.14. The quantitative estimate of drug-likeness (QED) is 0.646. The molecule has 0 spiro atoms. The highest BCUT2D eigenvalue weighted by atomic mass is 79.9. The Balaban J connectivity index is 1.71. The lowest BCUT2D eigenvalue weighted by molar-refractivity contribution is 0.0949. The van der Waals surface area contributed by atoms with Gasteiger partial charge in [-0.2, -0.15) is 0 Å². The van der Waals surface area contributed by atoms with E-state index < -0.39 is 0 Å². The minimum atomic E-state index is -0.259. The van der Waals surface area contributed by atoms with Crippen molar-refractivity contribution in [1.82, 2.24) is 10.3 Å². The van der Waals surface area contributed by atoms with Gasteiger partial charge in [0.15, 0.2) is 0 Å². The summed E-state index contributed by atoms with van der Waals surface area (Å²) in [5, 5.41) is 4.77. The Labute approximate surface area is 156 Å². The van der Waals surface area contributed by atoms with Crippen LogP contribution in [0, 0.1) is 0 Å². The van der Waals surface area contributed by atoms with E-state index >= 15 is 0 Å². The molecule has 0 bridgehead atoms. The van der Waals surface area contributed by atoms with Gasteiger partial charge in [0.05, 0.1) is 31.3 Å². The average Bonchev–Trinajstić information content (AvgIpc) is 3.31. The molecule has 0 radical (unpaired) electrons. The number of hydrogen-bond donors (Lipinski definition) is 1. The fourth-order valence-electron chi connectivity index (χ4n) is 2.17. The van der Waals surface area contributed by atoms with E-state index in [0.29, 0.717) is 33.1 Å². The number of aromatic nitrogens is 1. The second-order valence-electron chi connectivity index (χ2n) is 5.00. The van der Waals surface area contributed by atoms with Gasteiger partial charge in [-0.1, -0.05) is 6.07 Å². The van der Waals surface area contributed by atoms with Crippen LogP contribution < -0.4 is 14.8 Å². The Hall–Kier alpha value is -2.32. The summed E-state index contributed by atoms with van der Waals surface area (Å²) >= 11 is 4.92. The second kappa shape index (κ2) is 7.71. The Morgan fingerprint density at radius 2 is 2.04 bits per heavy atom. The lowest BCUT2D eigenvalue weighted by atomic mass is 10.2. The standard InChI is InChI=1S/C17H15BrN2O4S/c1-22-12-6-10(7-13(23-2)15(12)18)16(21)19-8-11-9-24-17(20-11)14-4-3-5-25-14/h3-7,9H,8H2,1-2H3,(H,19,21). The number of hydrogen-bond acceptors (Lipinski definition) is 6. The molecule has 0 aliphatic heterocycles. The zero-order valence-electron chi connectivity index (χ0n) is 13.5. The normalized spacial score (nSPS) is 10.5. The number of amides is 1. The van der Waals surface area contributed by atoms with Gasteiger partial charge in [-0.15, -0.1) is 11.3 Å². The van der Waals surface area contributed by atoms with Crippen molar-refractivity contribution in [2.45, 2.75) is 6.54 Å². The fraction of sp³-hybridized carbons (Fsp3) is 0.176. The van der Waals surface area contributed by atoms with Crippen LogP contribution in [0.25, 0.3) is 10.8 Å². The molecule has 0 atom stereocenters. The number of ether oxygens (including phenoxy) is 2. The van der Waals surface area contributed by atoms with E-state index in [0.717, 1.165) is 4.88 Å². The van der Waals surface area contributed by atoms with Gasteiger partial charge in [-0.3, -0.25) is 4.79 Å². The van der Waals surface area contributed by atoms with Gasteiger partial charge in [0.25, 0.3) is 5.91 Å². The van der Waals surface area contributed by atoms with Crippen molar-refractivity contribution in [3.8, 4) is 22.3 Å². The number of oxazole rings is 1. The van der Waals surface area contributed by atoms with Gasteiger partial charge < -0.3 is 19.2 Å². The second-order valence-corrected chi connectivity index (χ2v) is 6.74. The summed E-state index contributed by atoms with van der Waals surface area (Å²) in [5.41, 5.74) is 1.08. The first kappa shape index (κ1) is 17.5. The van der Waals surface area contributed by atoms with Gasteiger partial charge in [-0.25, -0.2) is 4.98 Å². The number of methoxy groups -OCH3 is 2. The first-order chi connectivity index (χ1) is 12.1. The highest BCUT2D eigenvalue weighted by molar-refractivity contribution is 9.10. The van der Waals surface area contributed by atoms with Crippen molar-refractivity contribution in [1.29, 1.82) is 0 Å². The van der Waals surface area contributed by atoms with Crippen molar-refractivity contribution in [3.05, 3.63) is 51.6 Å². The summed E-state index contributed by atoms with van der Waals surface area (Å²) < 4.78 is 16.6. The molecule has 0 fully saturated rings. The van der Waals surface area contributed by atoms with Crippen LogP contribution in [0.3, 0.4) is 0 Å². The van der Waals surface area contributed by atoms with Crippen LogP contribution in [0.2, 0.25) is 0 Å². The molecular weight excluding hydrogens is 408 g/mol. The molecule has 3 rings (SSSR count). The van der Waals surface area contributed by atoms with Crippen LogP contribution in [0.15, 0.2) is 44.8 Å². The maximum absolute atomic E-state index is 12.4. The number of halogens is 1. The van der Waals surface area contributed by atoms with Crippen LogP contribution in [-0.2, 0) is 6.54 Å². The van der Waals surface area contributed by atoms with Crippen molar-refractivity contribution in [2.75, 3.05) is 14.2 Å². The lowest BCUT2D eigenvalue weighted by Gasteiger charge is -2.11. The summed E-state index contributed by atoms with van der Waals surface area (Å²) in [7, 11) is 3.06. The summed E-state index contributed by atoms with van der Waals surface area (Å²) in [5.74, 6) is 1.33. The molecular formula is C17H15BrN2O4S. The molecule has 0 saturated carbocycles. The summed E-state index contributed by atoms with van der Waals surface area (Å²) in [6.07, 6.45) is 1.54.